The fraction of sp³-hybridized carbons (Fsp3) is 0.435. The van der Waals surface area contributed by atoms with Crippen LogP contribution in [0.25, 0.3) is 22.3 Å². The van der Waals surface area contributed by atoms with Gasteiger partial charge in [0.25, 0.3) is 0 Å². The van der Waals surface area contributed by atoms with Gasteiger partial charge in [0, 0.05) is 22.8 Å². The van der Waals surface area contributed by atoms with Gasteiger partial charge in [-0.15, -0.1) is 0 Å². The van der Waals surface area contributed by atoms with Gasteiger partial charge in [-0.2, -0.15) is 5.10 Å². The maximum absolute atomic E-state index is 13.3. The maximum atomic E-state index is 13.3. The lowest BCUT2D eigenvalue weighted by Gasteiger charge is -2.25. The Bertz CT molecular complexity index is 1190. The molecule has 1 aliphatic carbocycles. The minimum Gasteiger partial charge on any atom is -0.464 e. The van der Waals surface area contributed by atoms with Crippen molar-refractivity contribution in [2.75, 3.05) is 11.5 Å². The number of rotatable bonds is 3. The van der Waals surface area contributed by atoms with Gasteiger partial charge < -0.3 is 9.72 Å². The molecule has 2 aromatic heterocycles. The smallest absolute Gasteiger partial charge is 0.328 e. The maximum Gasteiger partial charge on any atom is 0.328 e. The number of carbonyl (C=O) groups is 2. The summed E-state index contributed by atoms with van der Waals surface area (Å²) in [5.74, 6) is -0.463. The molecule has 0 bridgehead atoms. The van der Waals surface area contributed by atoms with Crippen LogP contribution in [-0.4, -0.2) is 39.7 Å². The number of aromatic amines is 2. The number of hydrogen-bond acceptors (Lipinski definition) is 4. The number of aryl methyl sites for hydroxylation is 2. The van der Waals surface area contributed by atoms with Gasteiger partial charge in [-0.05, 0) is 75.8 Å². The fourth-order valence-corrected chi connectivity index (χ4v) is 4.90. The summed E-state index contributed by atoms with van der Waals surface area (Å²) in [5, 5.41) is 8.56. The third-order valence-corrected chi connectivity index (χ3v) is 6.55. The average Bonchev–Trinajstić information content (AvgIpc) is 3.33. The van der Waals surface area contributed by atoms with Gasteiger partial charge in [0.1, 0.15) is 11.7 Å². The van der Waals surface area contributed by atoms with E-state index in [-0.39, 0.29) is 18.5 Å². The van der Waals surface area contributed by atoms with E-state index in [9.17, 15) is 9.59 Å². The SMILES string of the molecule is CCOC(=O)C(C)N1C(=O)C(C)(C)c2cc3[nH]c4c(c3cc21)CCCc1c[nH]nc1-4. The van der Waals surface area contributed by atoms with Crippen LogP contribution in [0.3, 0.4) is 0 Å². The van der Waals surface area contributed by atoms with Gasteiger partial charge in [0.2, 0.25) is 5.91 Å². The van der Waals surface area contributed by atoms with E-state index in [1.165, 1.54) is 11.1 Å². The van der Waals surface area contributed by atoms with Crippen molar-refractivity contribution in [3.63, 3.8) is 0 Å². The van der Waals surface area contributed by atoms with Crippen molar-refractivity contribution in [3.05, 3.63) is 35.0 Å². The van der Waals surface area contributed by atoms with Crippen LogP contribution in [0.15, 0.2) is 18.3 Å². The van der Waals surface area contributed by atoms with Crippen molar-refractivity contribution >= 4 is 28.5 Å². The van der Waals surface area contributed by atoms with Crippen LogP contribution in [0.1, 0.15) is 50.8 Å². The number of H-pyrrole nitrogens is 2. The summed E-state index contributed by atoms with van der Waals surface area (Å²) in [4.78, 5) is 30.9. The lowest BCUT2D eigenvalue weighted by molar-refractivity contribution is -0.145. The predicted octanol–water partition coefficient (Wildman–Crippen LogP) is 3.62. The van der Waals surface area contributed by atoms with Gasteiger partial charge in [-0.3, -0.25) is 14.8 Å². The summed E-state index contributed by atoms with van der Waals surface area (Å²) < 4.78 is 5.21. The Morgan fingerprint density at radius 2 is 2.13 bits per heavy atom. The van der Waals surface area contributed by atoms with Crippen molar-refractivity contribution in [1.29, 1.82) is 0 Å². The van der Waals surface area contributed by atoms with E-state index in [2.05, 4.69) is 27.3 Å². The lowest BCUT2D eigenvalue weighted by atomic mass is 9.85. The molecule has 7 nitrogen and oxygen atoms in total. The second-order valence-corrected chi connectivity index (χ2v) is 8.73. The van der Waals surface area contributed by atoms with Gasteiger partial charge in [0.05, 0.1) is 17.7 Å². The van der Waals surface area contributed by atoms with Crippen LogP contribution < -0.4 is 4.90 Å². The third-order valence-electron chi connectivity index (χ3n) is 6.55. The molecule has 0 spiro atoms. The highest BCUT2D eigenvalue weighted by molar-refractivity contribution is 6.13. The van der Waals surface area contributed by atoms with Gasteiger partial charge in [-0.25, -0.2) is 4.79 Å². The second-order valence-electron chi connectivity index (χ2n) is 8.73. The number of fused-ring (bicyclic) bond motifs is 6. The number of aromatic nitrogens is 3. The number of esters is 1. The highest BCUT2D eigenvalue weighted by Crippen LogP contribution is 2.46. The molecule has 0 radical (unpaired) electrons. The molecule has 1 unspecified atom stereocenters. The molecule has 3 heterocycles. The first-order chi connectivity index (χ1) is 14.3. The summed E-state index contributed by atoms with van der Waals surface area (Å²) in [7, 11) is 0. The normalized spacial score (nSPS) is 18.0. The van der Waals surface area contributed by atoms with Crippen LogP contribution >= 0.6 is 0 Å². The molecular weight excluding hydrogens is 380 g/mol. The second kappa shape index (κ2) is 6.45. The van der Waals surface area contributed by atoms with Crippen LogP contribution in [0.2, 0.25) is 0 Å². The summed E-state index contributed by atoms with van der Waals surface area (Å²) >= 11 is 0. The van der Waals surface area contributed by atoms with Crippen molar-refractivity contribution < 1.29 is 14.3 Å². The molecule has 7 heteroatoms. The zero-order valence-corrected chi connectivity index (χ0v) is 17.8. The number of amides is 1. The highest BCUT2D eigenvalue weighted by atomic mass is 16.5. The Morgan fingerprint density at radius 3 is 2.90 bits per heavy atom. The minimum atomic E-state index is -0.718. The largest absolute Gasteiger partial charge is 0.464 e. The van der Waals surface area contributed by atoms with Crippen LogP contribution in [0.5, 0.6) is 0 Å². The molecule has 30 heavy (non-hydrogen) atoms. The van der Waals surface area contributed by atoms with Crippen molar-refractivity contribution in [1.82, 2.24) is 15.2 Å². The molecular formula is C23H26N4O3. The number of nitrogens with zero attached hydrogens (tertiary/aromatic N) is 2. The molecule has 0 saturated heterocycles. The van der Waals surface area contributed by atoms with Crippen LogP contribution in [0, 0.1) is 0 Å². The standard InChI is InChI=1S/C23H26N4O3/c1-5-30-21(28)12(2)27-18-9-15-14-8-6-7-13-11-24-26-19(13)20(14)25-17(15)10-16(18)23(3,4)22(27)29/h9-12,25H,5-8H2,1-4H3,(H,24,26). The van der Waals surface area contributed by atoms with Gasteiger partial charge >= 0.3 is 5.97 Å². The molecule has 2 N–H and O–H groups in total. The first-order valence-corrected chi connectivity index (χ1v) is 10.6. The van der Waals surface area contributed by atoms with E-state index in [0.717, 1.165) is 52.8 Å². The van der Waals surface area contributed by atoms with Crippen LogP contribution in [-0.2, 0) is 32.6 Å². The molecule has 156 valence electrons. The van der Waals surface area contributed by atoms with Crippen molar-refractivity contribution in [3.8, 4) is 11.4 Å². The summed E-state index contributed by atoms with van der Waals surface area (Å²) in [6.45, 7) is 7.63. The van der Waals surface area contributed by atoms with Crippen molar-refractivity contribution in [2.45, 2.75) is 58.4 Å². The zero-order valence-electron chi connectivity index (χ0n) is 17.8. The number of carbonyl (C=O) groups excluding carboxylic acids is 2. The van der Waals surface area contributed by atoms with E-state index < -0.39 is 11.5 Å². The lowest BCUT2D eigenvalue weighted by Crippen LogP contribution is -2.46. The first-order valence-electron chi connectivity index (χ1n) is 10.6. The van der Waals surface area contributed by atoms with Crippen LogP contribution in [0.4, 0.5) is 5.69 Å². The molecule has 1 amide bonds. The molecule has 2 aliphatic rings. The minimum absolute atomic E-state index is 0.0774. The van der Waals surface area contributed by atoms with Crippen molar-refractivity contribution in [2.24, 2.45) is 0 Å². The van der Waals surface area contributed by atoms with Gasteiger partial charge in [-0.1, -0.05) is 0 Å². The Balaban J connectivity index is 1.71. The Kier molecular flexibility index (Phi) is 4.07. The highest BCUT2D eigenvalue weighted by Gasteiger charge is 2.47. The monoisotopic (exact) mass is 406 g/mol. The number of anilines is 1. The van der Waals surface area contributed by atoms with E-state index in [1.807, 2.05) is 20.0 Å². The quantitative estimate of drug-likeness (QED) is 0.650. The fourth-order valence-electron chi connectivity index (χ4n) is 4.90. The van der Waals surface area contributed by atoms with E-state index >= 15 is 0 Å². The number of nitrogens with one attached hydrogen (secondary N) is 2. The first kappa shape index (κ1) is 18.9. The molecule has 1 aliphatic heterocycles. The molecule has 0 saturated carbocycles. The average molecular weight is 406 g/mol. The third kappa shape index (κ3) is 2.47. The topological polar surface area (TPSA) is 91.1 Å². The number of hydrogen-bond donors (Lipinski definition) is 2. The molecule has 5 rings (SSSR count). The number of ether oxygens (including phenoxy) is 1. The Morgan fingerprint density at radius 1 is 1.33 bits per heavy atom. The zero-order chi connectivity index (χ0) is 21.2. The molecule has 1 atom stereocenters. The molecule has 0 fully saturated rings. The van der Waals surface area contributed by atoms with E-state index in [1.54, 1.807) is 18.7 Å². The Hall–Kier alpha value is -3.09. The van der Waals surface area contributed by atoms with E-state index in [4.69, 9.17) is 4.74 Å². The van der Waals surface area contributed by atoms with E-state index in [0.29, 0.717) is 0 Å². The summed E-state index contributed by atoms with van der Waals surface area (Å²) in [6, 6.07) is 3.47. The predicted molar refractivity (Wildman–Crippen MR) is 115 cm³/mol. The summed E-state index contributed by atoms with van der Waals surface area (Å²) in [6.07, 6.45) is 4.94. The molecule has 1 aromatic carbocycles. The Labute approximate surface area is 174 Å². The summed E-state index contributed by atoms with van der Waals surface area (Å²) in [5.41, 5.74) is 6.48. The number of benzene rings is 1. The van der Waals surface area contributed by atoms with Gasteiger partial charge in [0.15, 0.2) is 0 Å². The molecule has 3 aromatic rings.